The molecule has 3 aromatic rings. The third kappa shape index (κ3) is 4.84. The van der Waals surface area contributed by atoms with Crippen molar-refractivity contribution in [2.75, 3.05) is 40.3 Å². The van der Waals surface area contributed by atoms with Gasteiger partial charge in [0.2, 0.25) is 0 Å². The van der Waals surface area contributed by atoms with Gasteiger partial charge in [0.05, 0.1) is 12.5 Å². The average Bonchev–Trinajstić information content (AvgIpc) is 3.30. The largest absolute Gasteiger partial charge is 0.496 e. The van der Waals surface area contributed by atoms with Crippen LogP contribution in [0.3, 0.4) is 0 Å². The van der Waals surface area contributed by atoms with Crippen LogP contribution >= 0.6 is 0 Å². The molecular formula is C30H38N4O2. The summed E-state index contributed by atoms with van der Waals surface area (Å²) in [4.78, 5) is 25.7. The molecule has 0 spiro atoms. The van der Waals surface area contributed by atoms with Crippen molar-refractivity contribution in [3.05, 3.63) is 59.9 Å². The predicted octanol–water partition coefficient (Wildman–Crippen LogP) is 5.12. The van der Waals surface area contributed by atoms with Crippen LogP contribution in [0.4, 0.5) is 0 Å². The van der Waals surface area contributed by atoms with Gasteiger partial charge in [-0.2, -0.15) is 0 Å². The number of benzene rings is 1. The number of fused-ring (bicyclic) bond motifs is 1. The van der Waals surface area contributed by atoms with E-state index in [2.05, 4.69) is 58.5 Å². The zero-order valence-corrected chi connectivity index (χ0v) is 21.8. The number of pyridine rings is 1. The Bertz CT molecular complexity index is 1250. The van der Waals surface area contributed by atoms with Crippen LogP contribution in [0.1, 0.15) is 48.4 Å². The molecule has 1 N–H and O–H groups in total. The molecule has 2 aliphatic rings. The molecule has 0 bridgehead atoms. The first-order valence-corrected chi connectivity index (χ1v) is 13.2. The van der Waals surface area contributed by atoms with Crippen molar-refractivity contribution in [3.63, 3.8) is 0 Å². The van der Waals surface area contributed by atoms with E-state index in [-0.39, 0.29) is 5.78 Å². The van der Waals surface area contributed by atoms with Crippen LogP contribution in [0.2, 0.25) is 0 Å². The van der Waals surface area contributed by atoms with Crippen LogP contribution in [0, 0.1) is 6.92 Å². The van der Waals surface area contributed by atoms with Crippen LogP contribution in [0.5, 0.6) is 5.75 Å². The Balaban J connectivity index is 1.50. The molecule has 5 rings (SSSR count). The Kier molecular flexibility index (Phi) is 7.26. The molecule has 6 heteroatoms. The number of ether oxygens (including phenoxy) is 1. The number of H-pyrrole nitrogens is 1. The number of rotatable bonds is 7. The first kappa shape index (κ1) is 24.7. The molecule has 1 saturated heterocycles. The number of piperazine rings is 1. The molecule has 0 amide bonds. The second kappa shape index (κ2) is 10.6. The van der Waals surface area contributed by atoms with E-state index in [0.717, 1.165) is 46.3 Å². The number of carbonyl (C=O) groups is 1. The Hall–Kier alpha value is -2.96. The Morgan fingerprint density at radius 3 is 2.61 bits per heavy atom. The van der Waals surface area contributed by atoms with Gasteiger partial charge in [0.25, 0.3) is 0 Å². The second-order valence-electron chi connectivity index (χ2n) is 10.5. The van der Waals surface area contributed by atoms with Gasteiger partial charge in [-0.15, -0.1) is 0 Å². The second-order valence-corrected chi connectivity index (χ2v) is 10.5. The predicted molar refractivity (Wildman–Crippen MR) is 146 cm³/mol. The highest BCUT2D eigenvalue weighted by Crippen LogP contribution is 2.45. The molecule has 3 heterocycles. The van der Waals surface area contributed by atoms with E-state index in [4.69, 9.17) is 4.74 Å². The minimum absolute atomic E-state index is 0.0378. The monoisotopic (exact) mass is 486 g/mol. The number of ketones is 1. The summed E-state index contributed by atoms with van der Waals surface area (Å²) in [6.07, 6.45) is 8.35. The summed E-state index contributed by atoms with van der Waals surface area (Å²) in [5.74, 6) is 1.31. The minimum Gasteiger partial charge on any atom is -0.496 e. The first-order chi connectivity index (χ1) is 17.5. The highest BCUT2D eigenvalue weighted by molar-refractivity contribution is 6.00. The van der Waals surface area contributed by atoms with Crippen molar-refractivity contribution >= 4 is 16.8 Å². The van der Waals surface area contributed by atoms with E-state index >= 15 is 0 Å². The fraction of sp³-hybridized carbons (Fsp3) is 0.467. The van der Waals surface area contributed by atoms with E-state index < -0.39 is 0 Å². The Morgan fingerprint density at radius 2 is 1.92 bits per heavy atom. The number of aromatic nitrogens is 2. The molecule has 1 aromatic carbocycles. The van der Waals surface area contributed by atoms with Crippen molar-refractivity contribution in [3.8, 4) is 16.9 Å². The van der Waals surface area contributed by atoms with E-state index in [1.165, 1.54) is 56.4 Å². The number of carbonyl (C=O) groups excluding carboxylic acids is 1. The zero-order chi connectivity index (χ0) is 25.2. The number of likely N-dealkylation sites (N-methyl/N-ethyl adjacent to an activating group) is 1. The van der Waals surface area contributed by atoms with Crippen molar-refractivity contribution in [1.29, 1.82) is 0 Å². The van der Waals surface area contributed by atoms with Gasteiger partial charge >= 0.3 is 0 Å². The van der Waals surface area contributed by atoms with Gasteiger partial charge in [-0.3, -0.25) is 9.69 Å². The normalized spacial score (nSPS) is 21.5. The third-order valence-electron chi connectivity index (χ3n) is 8.29. The molecule has 36 heavy (non-hydrogen) atoms. The van der Waals surface area contributed by atoms with Gasteiger partial charge in [-0.1, -0.05) is 24.8 Å². The van der Waals surface area contributed by atoms with E-state index in [9.17, 15) is 4.79 Å². The molecule has 1 aliphatic carbocycles. The maximum absolute atomic E-state index is 12.2. The maximum atomic E-state index is 12.2. The lowest BCUT2D eigenvalue weighted by atomic mass is 9.81. The van der Waals surface area contributed by atoms with Crippen LogP contribution in [0.15, 0.2) is 43.1 Å². The Labute approximate surface area is 214 Å². The highest BCUT2D eigenvalue weighted by atomic mass is 16.5. The number of nitrogens with zero attached hydrogens (tertiary/aromatic N) is 3. The van der Waals surface area contributed by atoms with Crippen molar-refractivity contribution in [1.82, 2.24) is 19.8 Å². The molecule has 190 valence electrons. The molecular weight excluding hydrogens is 448 g/mol. The number of aromatic amines is 1. The molecule has 1 aliphatic heterocycles. The van der Waals surface area contributed by atoms with Crippen LogP contribution in [-0.2, 0) is 11.2 Å². The van der Waals surface area contributed by atoms with Crippen molar-refractivity contribution < 1.29 is 9.53 Å². The van der Waals surface area contributed by atoms with Gasteiger partial charge in [0.15, 0.2) is 5.78 Å². The third-order valence-corrected chi connectivity index (χ3v) is 8.29. The van der Waals surface area contributed by atoms with Gasteiger partial charge in [-0.25, -0.2) is 4.98 Å². The molecule has 2 fully saturated rings. The lowest BCUT2D eigenvalue weighted by Gasteiger charge is -2.41. The smallest absolute Gasteiger partial charge is 0.159 e. The van der Waals surface area contributed by atoms with E-state index in [1.807, 2.05) is 6.07 Å². The number of hydrogen-bond donors (Lipinski definition) is 1. The fourth-order valence-electron chi connectivity index (χ4n) is 6.08. The molecule has 0 unspecified atom stereocenters. The lowest BCUT2D eigenvalue weighted by Crippen LogP contribution is -2.49. The fourth-order valence-corrected chi connectivity index (χ4v) is 6.08. The highest BCUT2D eigenvalue weighted by Gasteiger charge is 2.31. The zero-order valence-electron chi connectivity index (χ0n) is 21.8. The minimum atomic E-state index is 0.0378. The van der Waals surface area contributed by atoms with Gasteiger partial charge in [0.1, 0.15) is 11.4 Å². The molecule has 0 radical (unpaired) electrons. The summed E-state index contributed by atoms with van der Waals surface area (Å²) in [6.45, 7) is 10.4. The maximum Gasteiger partial charge on any atom is 0.159 e. The summed E-state index contributed by atoms with van der Waals surface area (Å²) in [7, 11) is 3.94. The SMILES string of the molecule is C=CC(=O)Cc1cc(-c2c(C3CCC(N4CCN(C)CC4)CC3)[nH]c3nccc(OC)c23)ccc1C. The summed E-state index contributed by atoms with van der Waals surface area (Å²) in [6, 6.07) is 9.09. The number of aryl methyl sites for hydroxylation is 1. The summed E-state index contributed by atoms with van der Waals surface area (Å²) < 4.78 is 5.79. The summed E-state index contributed by atoms with van der Waals surface area (Å²) in [5.41, 5.74) is 6.56. The van der Waals surface area contributed by atoms with Crippen LogP contribution in [-0.4, -0.2) is 71.9 Å². The molecule has 0 atom stereocenters. The Morgan fingerprint density at radius 1 is 1.17 bits per heavy atom. The average molecular weight is 487 g/mol. The van der Waals surface area contributed by atoms with Crippen molar-refractivity contribution in [2.45, 2.75) is 51.0 Å². The number of hydrogen-bond acceptors (Lipinski definition) is 5. The van der Waals surface area contributed by atoms with E-state index in [0.29, 0.717) is 18.4 Å². The number of allylic oxidation sites excluding steroid dienone is 1. The van der Waals surface area contributed by atoms with Gasteiger partial charge < -0.3 is 14.6 Å². The number of nitrogens with one attached hydrogen (secondary N) is 1. The van der Waals surface area contributed by atoms with Gasteiger partial charge in [-0.05, 0) is 74.4 Å². The molecule has 2 aromatic heterocycles. The standard InChI is InChI=1S/C30H38N4O2/c1-5-25(35)19-23-18-22(7-6-20(23)2)27-28-26(36-4)12-13-31-30(28)32-29(27)21-8-10-24(11-9-21)34-16-14-33(3)15-17-34/h5-7,12-13,18,21,24H,1,8-11,14-17,19H2,2-4H3,(H,31,32). The molecule has 1 saturated carbocycles. The summed E-state index contributed by atoms with van der Waals surface area (Å²) >= 11 is 0. The van der Waals surface area contributed by atoms with Crippen LogP contribution < -0.4 is 4.74 Å². The van der Waals surface area contributed by atoms with E-state index in [1.54, 1.807) is 13.3 Å². The quantitative estimate of drug-likeness (QED) is 0.470. The summed E-state index contributed by atoms with van der Waals surface area (Å²) in [5, 5.41) is 1.03. The topological polar surface area (TPSA) is 61.5 Å². The van der Waals surface area contributed by atoms with Gasteiger partial charge in [0, 0.05) is 56.1 Å². The first-order valence-electron chi connectivity index (χ1n) is 13.2. The van der Waals surface area contributed by atoms with Crippen molar-refractivity contribution in [2.24, 2.45) is 0 Å². The molecule has 6 nitrogen and oxygen atoms in total. The lowest BCUT2D eigenvalue weighted by molar-refractivity contribution is -0.114. The number of methoxy groups -OCH3 is 1. The van der Waals surface area contributed by atoms with Crippen LogP contribution in [0.25, 0.3) is 22.2 Å².